The monoisotopic (exact) mass is 181 g/mol. The Morgan fingerprint density at radius 3 is 2.92 bits per heavy atom. The van der Waals surface area contributed by atoms with Gasteiger partial charge in [-0.1, -0.05) is 19.9 Å². The second kappa shape index (κ2) is 4.45. The molecular weight excluding hydrogens is 162 g/mol. The van der Waals surface area contributed by atoms with Crippen molar-refractivity contribution in [2.45, 2.75) is 39.2 Å². The van der Waals surface area contributed by atoms with Crippen molar-refractivity contribution in [3.8, 4) is 0 Å². The van der Waals surface area contributed by atoms with E-state index >= 15 is 0 Å². The van der Waals surface area contributed by atoms with E-state index < -0.39 is 0 Å². The van der Waals surface area contributed by atoms with E-state index in [-0.39, 0.29) is 5.91 Å². The predicted molar refractivity (Wildman–Crippen MR) is 54.4 cm³/mol. The molecule has 2 nitrogen and oxygen atoms in total. The van der Waals surface area contributed by atoms with E-state index in [9.17, 15) is 4.79 Å². The van der Waals surface area contributed by atoms with Crippen molar-refractivity contribution < 1.29 is 4.79 Å². The molecule has 0 saturated carbocycles. The summed E-state index contributed by atoms with van der Waals surface area (Å²) in [5, 5.41) is 0. The van der Waals surface area contributed by atoms with Crippen LogP contribution in [0.25, 0.3) is 0 Å². The maximum Gasteiger partial charge on any atom is 0.223 e. The van der Waals surface area contributed by atoms with Crippen LogP contribution in [0.3, 0.4) is 0 Å². The van der Waals surface area contributed by atoms with Crippen molar-refractivity contribution in [1.82, 2.24) is 4.90 Å². The van der Waals surface area contributed by atoms with Gasteiger partial charge in [-0.15, -0.1) is 6.58 Å². The van der Waals surface area contributed by atoms with Gasteiger partial charge in [0.2, 0.25) is 5.91 Å². The molecule has 74 valence electrons. The lowest BCUT2D eigenvalue weighted by Crippen LogP contribution is -2.34. The van der Waals surface area contributed by atoms with Gasteiger partial charge in [-0.2, -0.15) is 0 Å². The van der Waals surface area contributed by atoms with Crippen LogP contribution in [0.1, 0.15) is 33.1 Å². The van der Waals surface area contributed by atoms with Crippen molar-refractivity contribution >= 4 is 5.91 Å². The maximum atomic E-state index is 11.7. The Bertz CT molecular complexity index is 198. The van der Waals surface area contributed by atoms with Crippen LogP contribution in [0, 0.1) is 5.92 Å². The van der Waals surface area contributed by atoms with Gasteiger partial charge in [0.05, 0.1) is 0 Å². The third-order valence-electron chi connectivity index (χ3n) is 2.47. The minimum absolute atomic E-state index is 0.289. The molecule has 0 aromatic carbocycles. The largest absolute Gasteiger partial charge is 0.336 e. The quantitative estimate of drug-likeness (QED) is 0.611. The minimum Gasteiger partial charge on any atom is -0.336 e. The fraction of sp³-hybridized carbons (Fsp3) is 0.727. The number of hydrogen-bond donors (Lipinski definition) is 0. The highest BCUT2D eigenvalue weighted by Crippen LogP contribution is 2.19. The molecule has 0 N–H and O–H groups in total. The van der Waals surface area contributed by atoms with Crippen molar-refractivity contribution in [3.63, 3.8) is 0 Å². The van der Waals surface area contributed by atoms with Crippen molar-refractivity contribution in [3.05, 3.63) is 12.7 Å². The Hall–Kier alpha value is -0.790. The molecule has 0 aromatic heterocycles. The summed E-state index contributed by atoms with van der Waals surface area (Å²) in [5.41, 5.74) is 0. The summed E-state index contributed by atoms with van der Waals surface area (Å²) in [6.07, 6.45) is 4.78. The summed E-state index contributed by atoms with van der Waals surface area (Å²) in [7, 11) is 0. The van der Waals surface area contributed by atoms with E-state index in [1.807, 2.05) is 11.0 Å². The minimum atomic E-state index is 0.289. The van der Waals surface area contributed by atoms with Crippen LogP contribution in [0.15, 0.2) is 12.7 Å². The molecule has 0 unspecified atom stereocenters. The molecule has 1 amide bonds. The van der Waals surface area contributed by atoms with Gasteiger partial charge in [-0.25, -0.2) is 0 Å². The first-order chi connectivity index (χ1) is 6.15. The van der Waals surface area contributed by atoms with Gasteiger partial charge in [-0.3, -0.25) is 4.79 Å². The number of carbonyl (C=O) groups excluding carboxylic acids is 1. The van der Waals surface area contributed by atoms with Gasteiger partial charge in [-0.05, 0) is 18.8 Å². The summed E-state index contributed by atoms with van der Waals surface area (Å²) in [6.45, 7) is 8.84. The fourth-order valence-electron chi connectivity index (χ4n) is 1.81. The molecule has 0 spiro atoms. The van der Waals surface area contributed by atoms with E-state index in [0.29, 0.717) is 18.4 Å². The standard InChI is InChI=1S/C11H19NO/c1-4-10-6-5-7-12(10)11(13)8-9(2)3/h4,9-10H,1,5-8H2,2-3H3/t10-/m1/s1. The highest BCUT2D eigenvalue weighted by molar-refractivity contribution is 5.77. The Balaban J connectivity index is 2.50. The average Bonchev–Trinajstić information content (AvgIpc) is 2.49. The molecule has 1 fully saturated rings. The number of likely N-dealkylation sites (tertiary alicyclic amines) is 1. The topological polar surface area (TPSA) is 20.3 Å². The van der Waals surface area contributed by atoms with Gasteiger partial charge in [0.15, 0.2) is 0 Å². The summed E-state index contributed by atoms with van der Waals surface area (Å²) in [4.78, 5) is 13.7. The number of carbonyl (C=O) groups is 1. The van der Waals surface area contributed by atoms with E-state index in [1.165, 1.54) is 0 Å². The molecule has 0 bridgehead atoms. The molecule has 1 saturated heterocycles. The van der Waals surface area contributed by atoms with Gasteiger partial charge in [0, 0.05) is 19.0 Å². The SMILES string of the molecule is C=C[C@@H]1CCCN1C(=O)CC(C)C. The molecule has 1 rings (SSSR count). The zero-order chi connectivity index (χ0) is 9.84. The molecular formula is C11H19NO. The zero-order valence-electron chi connectivity index (χ0n) is 8.62. The molecule has 0 aliphatic carbocycles. The van der Waals surface area contributed by atoms with Crippen LogP contribution >= 0.6 is 0 Å². The molecule has 2 heteroatoms. The van der Waals surface area contributed by atoms with Gasteiger partial charge < -0.3 is 4.90 Å². The van der Waals surface area contributed by atoms with Crippen LogP contribution in [0.4, 0.5) is 0 Å². The van der Waals surface area contributed by atoms with Crippen molar-refractivity contribution in [2.75, 3.05) is 6.54 Å². The van der Waals surface area contributed by atoms with E-state index in [0.717, 1.165) is 19.4 Å². The second-order valence-corrected chi connectivity index (χ2v) is 4.13. The molecule has 1 aliphatic heterocycles. The Morgan fingerprint density at radius 2 is 2.38 bits per heavy atom. The summed E-state index contributed by atoms with van der Waals surface area (Å²) in [5.74, 6) is 0.746. The zero-order valence-corrected chi connectivity index (χ0v) is 8.62. The van der Waals surface area contributed by atoms with Crippen LogP contribution < -0.4 is 0 Å². The van der Waals surface area contributed by atoms with E-state index in [1.54, 1.807) is 0 Å². The predicted octanol–water partition coefficient (Wildman–Crippen LogP) is 2.21. The van der Waals surface area contributed by atoms with Crippen LogP contribution in [-0.2, 0) is 4.79 Å². The Morgan fingerprint density at radius 1 is 1.69 bits per heavy atom. The Labute approximate surface area is 80.6 Å². The number of hydrogen-bond acceptors (Lipinski definition) is 1. The summed E-state index contributed by atoms with van der Waals surface area (Å²) >= 11 is 0. The molecule has 1 heterocycles. The van der Waals surface area contributed by atoms with E-state index in [4.69, 9.17) is 0 Å². The van der Waals surface area contributed by atoms with Crippen molar-refractivity contribution in [2.24, 2.45) is 5.92 Å². The summed E-state index contributed by atoms with van der Waals surface area (Å²) in [6, 6.07) is 0.297. The molecule has 0 aromatic rings. The lowest BCUT2D eigenvalue weighted by Gasteiger charge is -2.22. The first-order valence-corrected chi connectivity index (χ1v) is 5.07. The molecule has 13 heavy (non-hydrogen) atoms. The average molecular weight is 181 g/mol. The third-order valence-corrected chi connectivity index (χ3v) is 2.47. The normalized spacial score (nSPS) is 22.4. The number of rotatable bonds is 3. The third kappa shape index (κ3) is 2.58. The summed E-state index contributed by atoms with van der Waals surface area (Å²) < 4.78 is 0. The van der Waals surface area contributed by atoms with Crippen molar-refractivity contribution in [1.29, 1.82) is 0 Å². The smallest absolute Gasteiger partial charge is 0.223 e. The number of amides is 1. The lowest BCUT2D eigenvalue weighted by atomic mass is 10.1. The maximum absolute atomic E-state index is 11.7. The van der Waals surface area contributed by atoms with Crippen LogP contribution in [0.5, 0.6) is 0 Å². The van der Waals surface area contributed by atoms with Crippen LogP contribution in [0.2, 0.25) is 0 Å². The highest BCUT2D eigenvalue weighted by Gasteiger charge is 2.26. The van der Waals surface area contributed by atoms with Gasteiger partial charge in [0.25, 0.3) is 0 Å². The second-order valence-electron chi connectivity index (χ2n) is 4.13. The number of nitrogens with zero attached hydrogens (tertiary/aromatic N) is 1. The van der Waals surface area contributed by atoms with Crippen LogP contribution in [-0.4, -0.2) is 23.4 Å². The Kier molecular flexibility index (Phi) is 3.52. The first-order valence-electron chi connectivity index (χ1n) is 5.07. The molecule has 1 aliphatic rings. The first kappa shape index (κ1) is 10.3. The molecule has 1 atom stereocenters. The van der Waals surface area contributed by atoms with Gasteiger partial charge >= 0.3 is 0 Å². The lowest BCUT2D eigenvalue weighted by molar-refractivity contribution is -0.132. The highest BCUT2D eigenvalue weighted by atomic mass is 16.2. The fourth-order valence-corrected chi connectivity index (χ4v) is 1.81. The van der Waals surface area contributed by atoms with Gasteiger partial charge in [0.1, 0.15) is 0 Å². The van der Waals surface area contributed by atoms with E-state index in [2.05, 4.69) is 20.4 Å². The molecule has 0 radical (unpaired) electrons.